The molecule has 1 fully saturated rings. The number of aryl methyl sites for hydroxylation is 2. The Labute approximate surface area is 116 Å². The lowest BCUT2D eigenvalue weighted by molar-refractivity contribution is 0.0584. The molecule has 1 aromatic heterocycles. The van der Waals surface area contributed by atoms with Crippen molar-refractivity contribution in [1.29, 1.82) is 0 Å². The van der Waals surface area contributed by atoms with E-state index in [0.717, 1.165) is 26.1 Å². The Morgan fingerprint density at radius 3 is 3.00 bits per heavy atom. The van der Waals surface area contributed by atoms with Gasteiger partial charge >= 0.3 is 0 Å². The Morgan fingerprint density at radius 2 is 2.42 bits per heavy atom. The van der Waals surface area contributed by atoms with Gasteiger partial charge in [0.1, 0.15) is 0 Å². The van der Waals surface area contributed by atoms with Gasteiger partial charge in [0, 0.05) is 37.5 Å². The van der Waals surface area contributed by atoms with Crippen molar-refractivity contribution >= 4 is 0 Å². The van der Waals surface area contributed by atoms with E-state index in [0.29, 0.717) is 11.5 Å². The van der Waals surface area contributed by atoms with Gasteiger partial charge < -0.3 is 10.1 Å². The van der Waals surface area contributed by atoms with Crippen molar-refractivity contribution in [2.45, 2.75) is 45.6 Å². The van der Waals surface area contributed by atoms with E-state index in [1.807, 2.05) is 17.9 Å². The molecule has 1 aliphatic rings. The third-order valence-corrected chi connectivity index (χ3v) is 4.54. The minimum Gasteiger partial charge on any atom is -0.378 e. The van der Waals surface area contributed by atoms with E-state index < -0.39 is 0 Å². The Kier molecular flexibility index (Phi) is 4.99. The van der Waals surface area contributed by atoms with Gasteiger partial charge in [-0.15, -0.1) is 0 Å². The van der Waals surface area contributed by atoms with Crippen LogP contribution in [0, 0.1) is 5.41 Å². The van der Waals surface area contributed by atoms with Crippen LogP contribution in [0.25, 0.3) is 0 Å². The molecule has 0 saturated carbocycles. The molecule has 1 aromatic rings. The molecule has 108 valence electrons. The van der Waals surface area contributed by atoms with Crippen molar-refractivity contribution in [3.05, 3.63) is 18.0 Å². The van der Waals surface area contributed by atoms with Crippen molar-refractivity contribution in [1.82, 2.24) is 15.1 Å². The van der Waals surface area contributed by atoms with Gasteiger partial charge in [-0.3, -0.25) is 4.68 Å². The summed E-state index contributed by atoms with van der Waals surface area (Å²) < 4.78 is 7.82. The predicted molar refractivity (Wildman–Crippen MR) is 77.2 cm³/mol. The molecule has 19 heavy (non-hydrogen) atoms. The number of hydrogen-bond acceptors (Lipinski definition) is 3. The third-order valence-electron chi connectivity index (χ3n) is 4.54. The molecule has 0 spiro atoms. The lowest BCUT2D eigenvalue weighted by atomic mass is 9.77. The highest BCUT2D eigenvalue weighted by Gasteiger charge is 2.40. The van der Waals surface area contributed by atoms with E-state index in [-0.39, 0.29) is 0 Å². The summed E-state index contributed by atoms with van der Waals surface area (Å²) in [5.41, 5.74) is 1.60. The van der Waals surface area contributed by atoms with E-state index in [4.69, 9.17) is 4.74 Å². The van der Waals surface area contributed by atoms with Gasteiger partial charge in [-0.25, -0.2) is 0 Å². The Bertz CT molecular complexity index is 390. The number of hydrogen-bond donors (Lipinski definition) is 1. The molecule has 1 N–H and O–H groups in total. The summed E-state index contributed by atoms with van der Waals surface area (Å²) in [5, 5.41) is 7.84. The van der Waals surface area contributed by atoms with Crippen LogP contribution in [0.15, 0.2) is 12.3 Å². The summed E-state index contributed by atoms with van der Waals surface area (Å²) in [5.74, 6) is 0. The fourth-order valence-corrected chi connectivity index (χ4v) is 3.01. The average Bonchev–Trinajstić information content (AvgIpc) is 2.95. The highest BCUT2D eigenvalue weighted by molar-refractivity contribution is 5.03. The first-order valence-electron chi connectivity index (χ1n) is 7.47. The van der Waals surface area contributed by atoms with Crippen LogP contribution in [0.3, 0.4) is 0 Å². The first-order valence-corrected chi connectivity index (χ1v) is 7.47. The third kappa shape index (κ3) is 3.37. The minimum absolute atomic E-state index is 0.291. The molecule has 0 radical (unpaired) electrons. The normalized spacial score (nSPS) is 27.0. The first kappa shape index (κ1) is 14.5. The van der Waals surface area contributed by atoms with Crippen LogP contribution in [0.5, 0.6) is 0 Å². The zero-order valence-corrected chi connectivity index (χ0v) is 12.5. The highest BCUT2D eigenvalue weighted by Crippen LogP contribution is 2.38. The molecule has 0 aromatic carbocycles. The Morgan fingerprint density at radius 1 is 1.58 bits per heavy atom. The number of nitrogens with one attached hydrogen (secondary N) is 1. The van der Waals surface area contributed by atoms with Gasteiger partial charge in [0.15, 0.2) is 0 Å². The summed E-state index contributed by atoms with van der Waals surface area (Å²) in [6, 6.07) is 2.12. The fourth-order valence-electron chi connectivity index (χ4n) is 3.01. The van der Waals surface area contributed by atoms with E-state index in [1.165, 1.54) is 25.0 Å². The SMILES string of the molecule is CCCNCC1(CCc2ccnn2C)CCOC1C. The second kappa shape index (κ2) is 6.53. The average molecular weight is 265 g/mol. The lowest BCUT2D eigenvalue weighted by Crippen LogP contribution is -2.40. The fraction of sp³-hybridized carbons (Fsp3) is 0.800. The van der Waals surface area contributed by atoms with Crippen LogP contribution >= 0.6 is 0 Å². The first-order chi connectivity index (χ1) is 9.18. The van der Waals surface area contributed by atoms with Crippen molar-refractivity contribution in [2.75, 3.05) is 19.7 Å². The summed E-state index contributed by atoms with van der Waals surface area (Å²) in [6.07, 6.45) is 6.84. The second-order valence-electron chi connectivity index (χ2n) is 5.75. The maximum Gasteiger partial charge on any atom is 0.0616 e. The van der Waals surface area contributed by atoms with Crippen molar-refractivity contribution < 1.29 is 4.74 Å². The van der Waals surface area contributed by atoms with Gasteiger partial charge in [0.05, 0.1) is 6.10 Å². The minimum atomic E-state index is 0.291. The maximum absolute atomic E-state index is 5.84. The van der Waals surface area contributed by atoms with E-state index in [2.05, 4.69) is 30.3 Å². The molecule has 2 atom stereocenters. The summed E-state index contributed by atoms with van der Waals surface area (Å²) in [7, 11) is 2.02. The van der Waals surface area contributed by atoms with Crippen molar-refractivity contribution in [3.63, 3.8) is 0 Å². The van der Waals surface area contributed by atoms with Crippen LogP contribution in [0.2, 0.25) is 0 Å². The monoisotopic (exact) mass is 265 g/mol. The van der Waals surface area contributed by atoms with Gasteiger partial charge in [-0.05, 0) is 45.2 Å². The second-order valence-corrected chi connectivity index (χ2v) is 5.75. The molecule has 2 heterocycles. The Hall–Kier alpha value is -0.870. The highest BCUT2D eigenvalue weighted by atomic mass is 16.5. The standard InChI is InChI=1S/C15H27N3O/c1-4-9-16-12-15(8-11-19-13(15)2)7-5-14-6-10-17-18(14)3/h6,10,13,16H,4-5,7-9,11-12H2,1-3H3. The van der Waals surface area contributed by atoms with E-state index in [1.54, 1.807) is 0 Å². The quantitative estimate of drug-likeness (QED) is 0.768. The van der Waals surface area contributed by atoms with E-state index >= 15 is 0 Å². The van der Waals surface area contributed by atoms with Gasteiger partial charge in [0.2, 0.25) is 0 Å². The molecule has 0 bridgehead atoms. The number of aromatic nitrogens is 2. The van der Waals surface area contributed by atoms with Gasteiger partial charge in [-0.1, -0.05) is 6.92 Å². The molecule has 2 rings (SSSR count). The lowest BCUT2D eigenvalue weighted by Gasteiger charge is -2.32. The number of rotatable bonds is 7. The molecular weight excluding hydrogens is 238 g/mol. The molecule has 2 unspecified atom stereocenters. The van der Waals surface area contributed by atoms with Crippen LogP contribution < -0.4 is 5.32 Å². The predicted octanol–water partition coefficient (Wildman–Crippen LogP) is 2.15. The zero-order valence-electron chi connectivity index (χ0n) is 12.5. The zero-order chi connectivity index (χ0) is 13.7. The molecule has 0 aliphatic carbocycles. The summed E-state index contributed by atoms with van der Waals surface area (Å²) >= 11 is 0. The maximum atomic E-state index is 5.84. The van der Waals surface area contributed by atoms with Crippen LogP contribution in [0.1, 0.15) is 38.8 Å². The Balaban J connectivity index is 1.96. The smallest absolute Gasteiger partial charge is 0.0616 e. The molecular formula is C15H27N3O. The van der Waals surface area contributed by atoms with Crippen LogP contribution in [-0.2, 0) is 18.2 Å². The largest absolute Gasteiger partial charge is 0.378 e. The number of ether oxygens (including phenoxy) is 1. The molecule has 0 amide bonds. The van der Waals surface area contributed by atoms with Crippen molar-refractivity contribution in [2.24, 2.45) is 12.5 Å². The topological polar surface area (TPSA) is 39.1 Å². The van der Waals surface area contributed by atoms with Crippen LogP contribution in [0.4, 0.5) is 0 Å². The summed E-state index contributed by atoms with van der Waals surface area (Å²) in [6.45, 7) is 7.51. The molecule has 1 aliphatic heterocycles. The van der Waals surface area contributed by atoms with Gasteiger partial charge in [0.25, 0.3) is 0 Å². The molecule has 1 saturated heterocycles. The van der Waals surface area contributed by atoms with Gasteiger partial charge in [-0.2, -0.15) is 5.10 Å². The number of nitrogens with zero attached hydrogens (tertiary/aromatic N) is 2. The van der Waals surface area contributed by atoms with Crippen molar-refractivity contribution in [3.8, 4) is 0 Å². The van der Waals surface area contributed by atoms with Crippen LogP contribution in [-0.4, -0.2) is 35.6 Å². The summed E-state index contributed by atoms with van der Waals surface area (Å²) in [4.78, 5) is 0. The molecule has 4 nitrogen and oxygen atoms in total. The molecule has 4 heteroatoms. The van der Waals surface area contributed by atoms with E-state index in [9.17, 15) is 0 Å².